The number of pyridine rings is 1. The molecule has 0 radical (unpaired) electrons. The summed E-state index contributed by atoms with van der Waals surface area (Å²) in [5.74, 6) is -1.13. The van der Waals surface area contributed by atoms with E-state index in [0.29, 0.717) is 30.2 Å². The summed E-state index contributed by atoms with van der Waals surface area (Å²) in [6.07, 6.45) is 3.85. The van der Waals surface area contributed by atoms with E-state index >= 15 is 0 Å². The number of hydrogen-bond donors (Lipinski definition) is 1. The quantitative estimate of drug-likeness (QED) is 0.868. The number of benzene rings is 1. The third-order valence-electron chi connectivity index (χ3n) is 4.11. The molecule has 1 fully saturated rings. The van der Waals surface area contributed by atoms with Gasteiger partial charge in [0.2, 0.25) is 11.8 Å². The minimum absolute atomic E-state index is 0.204. The van der Waals surface area contributed by atoms with Crippen LogP contribution in [0.1, 0.15) is 17.5 Å². The summed E-state index contributed by atoms with van der Waals surface area (Å²) in [6, 6.07) is 9.24. The Balaban J connectivity index is 1.66. The average molecular weight is 344 g/mol. The molecule has 1 N–H and O–H groups in total. The minimum Gasteiger partial charge on any atom is -0.351 e. The first-order valence-electron chi connectivity index (χ1n) is 7.80. The lowest BCUT2D eigenvalue weighted by atomic mass is 10.1. The van der Waals surface area contributed by atoms with Crippen molar-refractivity contribution in [1.29, 1.82) is 0 Å². The summed E-state index contributed by atoms with van der Waals surface area (Å²) in [5, 5.41) is 3.34. The summed E-state index contributed by atoms with van der Waals surface area (Å²) >= 11 is 6.24. The van der Waals surface area contributed by atoms with Gasteiger partial charge in [0.05, 0.1) is 10.7 Å². The molecule has 2 amide bonds. The molecular formula is C18H18ClN3O2. The van der Waals surface area contributed by atoms with Crippen molar-refractivity contribution >= 4 is 29.1 Å². The zero-order valence-electron chi connectivity index (χ0n) is 13.3. The Hall–Kier alpha value is -2.40. The molecule has 1 unspecified atom stereocenters. The minimum atomic E-state index is -0.668. The fraction of sp³-hybridized carbons (Fsp3) is 0.278. The summed E-state index contributed by atoms with van der Waals surface area (Å²) in [7, 11) is 0. The molecular weight excluding hydrogens is 326 g/mol. The van der Waals surface area contributed by atoms with Gasteiger partial charge in [-0.15, -0.1) is 0 Å². The summed E-state index contributed by atoms with van der Waals surface area (Å²) < 4.78 is 0. The number of aryl methyl sites for hydroxylation is 1. The number of carbonyl (C=O) groups excluding carboxylic acids is 2. The van der Waals surface area contributed by atoms with Crippen LogP contribution in [0.25, 0.3) is 0 Å². The van der Waals surface area contributed by atoms with Crippen LogP contribution in [0, 0.1) is 12.8 Å². The van der Waals surface area contributed by atoms with Gasteiger partial charge in [-0.3, -0.25) is 14.6 Å². The van der Waals surface area contributed by atoms with Gasteiger partial charge < -0.3 is 10.2 Å². The molecule has 1 aromatic carbocycles. The van der Waals surface area contributed by atoms with Gasteiger partial charge in [-0.25, -0.2) is 0 Å². The molecule has 3 rings (SSSR count). The lowest BCUT2D eigenvalue weighted by molar-refractivity contribution is -0.132. The van der Waals surface area contributed by atoms with Gasteiger partial charge in [-0.2, -0.15) is 0 Å². The lowest BCUT2D eigenvalue weighted by Gasteiger charge is -2.18. The second kappa shape index (κ2) is 7.01. The molecule has 1 aromatic heterocycles. The van der Waals surface area contributed by atoms with Gasteiger partial charge in [0.15, 0.2) is 0 Å². The Morgan fingerprint density at radius 3 is 2.96 bits per heavy atom. The van der Waals surface area contributed by atoms with Crippen molar-refractivity contribution in [2.24, 2.45) is 5.92 Å². The van der Waals surface area contributed by atoms with E-state index in [4.69, 9.17) is 11.6 Å². The first kappa shape index (κ1) is 16.5. The molecule has 0 aliphatic carbocycles. The second-order valence-corrected chi connectivity index (χ2v) is 6.27. The van der Waals surface area contributed by atoms with Gasteiger partial charge in [0, 0.05) is 25.5 Å². The van der Waals surface area contributed by atoms with Crippen molar-refractivity contribution in [1.82, 2.24) is 10.3 Å². The van der Waals surface area contributed by atoms with Crippen molar-refractivity contribution in [3.63, 3.8) is 0 Å². The van der Waals surface area contributed by atoms with Crippen LogP contribution < -0.4 is 10.2 Å². The number of anilines is 1. The summed E-state index contributed by atoms with van der Waals surface area (Å²) in [6.45, 7) is 2.80. The molecule has 1 saturated heterocycles. The molecule has 2 heterocycles. The van der Waals surface area contributed by atoms with Crippen molar-refractivity contribution in [3.8, 4) is 0 Å². The number of aromatic nitrogens is 1. The monoisotopic (exact) mass is 343 g/mol. The van der Waals surface area contributed by atoms with Crippen LogP contribution in [0.2, 0.25) is 5.02 Å². The zero-order chi connectivity index (χ0) is 17.1. The maximum atomic E-state index is 12.6. The van der Waals surface area contributed by atoms with Crippen LogP contribution in [-0.2, 0) is 16.1 Å². The van der Waals surface area contributed by atoms with Crippen LogP contribution >= 0.6 is 11.6 Å². The van der Waals surface area contributed by atoms with E-state index in [0.717, 1.165) is 11.1 Å². The molecule has 124 valence electrons. The number of hydrogen-bond acceptors (Lipinski definition) is 3. The van der Waals surface area contributed by atoms with E-state index < -0.39 is 5.92 Å². The predicted molar refractivity (Wildman–Crippen MR) is 92.7 cm³/mol. The van der Waals surface area contributed by atoms with Crippen molar-refractivity contribution in [3.05, 3.63) is 58.9 Å². The van der Waals surface area contributed by atoms with Gasteiger partial charge in [-0.05, 0) is 42.7 Å². The first-order valence-corrected chi connectivity index (χ1v) is 8.18. The van der Waals surface area contributed by atoms with E-state index in [-0.39, 0.29) is 11.8 Å². The molecule has 5 nitrogen and oxygen atoms in total. The molecule has 6 heteroatoms. The Labute approximate surface area is 145 Å². The number of carbonyl (C=O) groups is 2. The molecule has 1 aliphatic rings. The number of nitrogens with one attached hydrogen (secondary N) is 1. The Kier molecular flexibility index (Phi) is 4.81. The molecule has 2 aromatic rings. The molecule has 1 aliphatic heterocycles. The van der Waals surface area contributed by atoms with Gasteiger partial charge >= 0.3 is 0 Å². The van der Waals surface area contributed by atoms with Gasteiger partial charge in [-0.1, -0.05) is 23.7 Å². The Morgan fingerprint density at radius 2 is 2.25 bits per heavy atom. The Morgan fingerprint density at radius 1 is 1.42 bits per heavy atom. The molecule has 0 bridgehead atoms. The smallest absolute Gasteiger partial charge is 0.239 e. The largest absolute Gasteiger partial charge is 0.351 e. The van der Waals surface area contributed by atoms with Crippen molar-refractivity contribution < 1.29 is 9.59 Å². The topological polar surface area (TPSA) is 62.3 Å². The maximum Gasteiger partial charge on any atom is 0.239 e. The van der Waals surface area contributed by atoms with Crippen LogP contribution in [0.3, 0.4) is 0 Å². The third kappa shape index (κ3) is 3.41. The fourth-order valence-electron chi connectivity index (χ4n) is 2.81. The highest BCUT2D eigenvalue weighted by molar-refractivity contribution is 6.34. The van der Waals surface area contributed by atoms with Crippen LogP contribution in [0.15, 0.2) is 42.7 Å². The molecule has 0 saturated carbocycles. The highest BCUT2D eigenvalue weighted by Crippen LogP contribution is 2.32. The molecule has 24 heavy (non-hydrogen) atoms. The van der Waals surface area contributed by atoms with Gasteiger partial charge in [0.25, 0.3) is 0 Å². The van der Waals surface area contributed by atoms with Gasteiger partial charge in [0.1, 0.15) is 5.92 Å². The first-order chi connectivity index (χ1) is 11.6. The highest BCUT2D eigenvalue weighted by Gasteiger charge is 2.38. The number of nitrogens with zero attached hydrogens (tertiary/aromatic N) is 2. The van der Waals surface area contributed by atoms with E-state index in [9.17, 15) is 9.59 Å². The average Bonchev–Trinajstić information content (AvgIpc) is 2.95. The van der Waals surface area contributed by atoms with Crippen LogP contribution in [-0.4, -0.2) is 23.3 Å². The predicted octanol–water partition coefficient (Wildman–Crippen LogP) is 2.71. The lowest BCUT2D eigenvalue weighted by Crippen LogP contribution is -2.36. The van der Waals surface area contributed by atoms with E-state index in [1.54, 1.807) is 17.3 Å². The molecule has 1 atom stereocenters. The normalized spacial score (nSPS) is 17.2. The number of amides is 2. The van der Waals surface area contributed by atoms with Crippen molar-refractivity contribution in [2.45, 2.75) is 19.9 Å². The molecule has 0 spiro atoms. The highest BCUT2D eigenvalue weighted by atomic mass is 35.5. The van der Waals surface area contributed by atoms with Crippen molar-refractivity contribution in [2.75, 3.05) is 11.4 Å². The Bertz CT molecular complexity index is 764. The van der Waals surface area contributed by atoms with Crippen LogP contribution in [0.4, 0.5) is 5.69 Å². The van der Waals surface area contributed by atoms with E-state index in [1.807, 2.05) is 37.3 Å². The third-order valence-corrected chi connectivity index (χ3v) is 4.41. The number of halogens is 1. The standard InChI is InChI=1S/C18H18ClN3O2/c1-12-4-5-16(15(19)9-12)22-8-6-14(18(22)24)17(23)21-11-13-3-2-7-20-10-13/h2-5,7,9-10,14H,6,8,11H2,1H3,(H,21,23). The summed E-state index contributed by atoms with van der Waals surface area (Å²) in [4.78, 5) is 30.5. The SMILES string of the molecule is Cc1ccc(N2CCC(C(=O)NCc3cccnc3)C2=O)c(Cl)c1. The fourth-order valence-corrected chi connectivity index (χ4v) is 3.15. The number of rotatable bonds is 4. The second-order valence-electron chi connectivity index (χ2n) is 5.87. The van der Waals surface area contributed by atoms with E-state index in [1.165, 1.54) is 0 Å². The maximum absolute atomic E-state index is 12.6. The summed E-state index contributed by atoms with van der Waals surface area (Å²) in [5.41, 5.74) is 2.59. The van der Waals surface area contributed by atoms with E-state index in [2.05, 4.69) is 10.3 Å². The zero-order valence-corrected chi connectivity index (χ0v) is 14.1. The van der Waals surface area contributed by atoms with Crippen LogP contribution in [0.5, 0.6) is 0 Å².